The van der Waals surface area contributed by atoms with Crippen molar-refractivity contribution >= 4 is 12.4 Å². The van der Waals surface area contributed by atoms with E-state index in [1.807, 2.05) is 6.92 Å². The summed E-state index contributed by atoms with van der Waals surface area (Å²) >= 11 is 0. The van der Waals surface area contributed by atoms with Gasteiger partial charge in [0.15, 0.2) is 0 Å². The van der Waals surface area contributed by atoms with Crippen LogP contribution in [0, 0.1) is 12.3 Å². The molecule has 0 aromatic rings. The molecule has 9 heavy (non-hydrogen) atoms. The number of nitrogens with two attached hydrogens (primary N) is 1. The fourth-order valence-corrected chi connectivity index (χ4v) is 0.592. The van der Waals surface area contributed by atoms with Crippen LogP contribution < -0.4 is 5.73 Å². The lowest BCUT2D eigenvalue weighted by Crippen LogP contribution is -2.33. The van der Waals surface area contributed by atoms with E-state index >= 15 is 0 Å². The molecule has 0 fully saturated rings. The fourth-order valence-electron chi connectivity index (χ4n) is 0.592. The highest BCUT2D eigenvalue weighted by Gasteiger charge is 2.10. The van der Waals surface area contributed by atoms with Crippen molar-refractivity contribution in [1.82, 2.24) is 0 Å². The maximum absolute atomic E-state index is 5.59. The summed E-state index contributed by atoms with van der Waals surface area (Å²) in [5.74, 6) is 2.52. The van der Waals surface area contributed by atoms with E-state index < -0.39 is 0 Å². The summed E-state index contributed by atoms with van der Waals surface area (Å²) < 4.78 is 0. The highest BCUT2D eigenvalue weighted by molar-refractivity contribution is 5.85. The van der Waals surface area contributed by atoms with Crippen molar-refractivity contribution in [3.8, 4) is 12.3 Å². The fraction of sp³-hybridized carbons (Fsp3) is 0.714. The molecule has 0 aliphatic heterocycles. The largest absolute Gasteiger partial charge is 0.315 e. The zero-order chi connectivity index (χ0) is 6.62. The van der Waals surface area contributed by atoms with Crippen molar-refractivity contribution in [3.63, 3.8) is 0 Å². The zero-order valence-corrected chi connectivity index (χ0v) is 6.79. The molecule has 0 aromatic carbocycles. The van der Waals surface area contributed by atoms with E-state index in [1.165, 1.54) is 0 Å². The molecule has 0 aliphatic carbocycles. The van der Waals surface area contributed by atoms with Crippen LogP contribution >= 0.6 is 12.4 Å². The van der Waals surface area contributed by atoms with Crippen LogP contribution in [0.4, 0.5) is 0 Å². The molecule has 0 bridgehead atoms. The first-order chi connectivity index (χ1) is 3.62. The molecule has 0 saturated carbocycles. The third kappa shape index (κ3) is 5.68. The molecule has 0 spiro atoms. The maximum atomic E-state index is 5.59. The van der Waals surface area contributed by atoms with Gasteiger partial charge >= 0.3 is 0 Å². The van der Waals surface area contributed by atoms with Crippen molar-refractivity contribution in [3.05, 3.63) is 0 Å². The van der Waals surface area contributed by atoms with Gasteiger partial charge in [-0.15, -0.1) is 18.8 Å². The molecule has 1 unspecified atom stereocenters. The predicted octanol–water partition coefficient (Wildman–Crippen LogP) is 1.56. The lowest BCUT2D eigenvalue weighted by molar-refractivity contribution is 0.545. The number of rotatable bonds is 2. The summed E-state index contributed by atoms with van der Waals surface area (Å²) in [5.41, 5.74) is 5.21. The van der Waals surface area contributed by atoms with Crippen LogP contribution in [0.25, 0.3) is 0 Å². The molecule has 0 rings (SSSR count). The van der Waals surface area contributed by atoms with Gasteiger partial charge in [0.25, 0.3) is 0 Å². The Morgan fingerprint density at radius 2 is 2.11 bits per heavy atom. The van der Waals surface area contributed by atoms with Crippen LogP contribution in [0.1, 0.15) is 26.7 Å². The summed E-state index contributed by atoms with van der Waals surface area (Å²) in [6.07, 6.45) is 7.08. The second-order valence-electron chi connectivity index (χ2n) is 2.31. The van der Waals surface area contributed by atoms with Crippen molar-refractivity contribution in [2.75, 3.05) is 0 Å². The zero-order valence-electron chi connectivity index (χ0n) is 5.98. The molecular weight excluding hydrogens is 134 g/mol. The average Bonchev–Trinajstić information content (AvgIpc) is 1.67. The van der Waals surface area contributed by atoms with Gasteiger partial charge in [0, 0.05) is 0 Å². The molecule has 54 valence electrons. The van der Waals surface area contributed by atoms with E-state index in [-0.39, 0.29) is 17.9 Å². The molecule has 2 N–H and O–H groups in total. The van der Waals surface area contributed by atoms with Gasteiger partial charge in [-0.25, -0.2) is 0 Å². The van der Waals surface area contributed by atoms with Crippen LogP contribution in [0.5, 0.6) is 0 Å². The first kappa shape index (κ1) is 11.6. The molecule has 0 amide bonds. The van der Waals surface area contributed by atoms with Gasteiger partial charge in [0.2, 0.25) is 0 Å². The van der Waals surface area contributed by atoms with Gasteiger partial charge in [-0.2, -0.15) is 0 Å². The van der Waals surface area contributed by atoms with E-state index in [0.29, 0.717) is 0 Å². The van der Waals surface area contributed by atoms with Crippen LogP contribution in [-0.2, 0) is 0 Å². The molecule has 0 aliphatic rings. The smallest absolute Gasteiger partial charge is 0.0744 e. The monoisotopic (exact) mass is 147 g/mol. The Balaban J connectivity index is 0. The Morgan fingerprint density at radius 1 is 1.67 bits per heavy atom. The highest BCUT2D eigenvalue weighted by atomic mass is 35.5. The lowest BCUT2D eigenvalue weighted by Gasteiger charge is -2.14. The van der Waals surface area contributed by atoms with Gasteiger partial charge in [-0.05, 0) is 13.3 Å². The minimum Gasteiger partial charge on any atom is -0.315 e. The van der Waals surface area contributed by atoms with Crippen molar-refractivity contribution in [1.29, 1.82) is 0 Å². The summed E-state index contributed by atoms with van der Waals surface area (Å²) in [6.45, 7) is 3.94. The van der Waals surface area contributed by atoms with Crippen LogP contribution in [-0.4, -0.2) is 5.54 Å². The van der Waals surface area contributed by atoms with Gasteiger partial charge in [-0.1, -0.05) is 19.3 Å². The van der Waals surface area contributed by atoms with Crippen LogP contribution in [0.2, 0.25) is 0 Å². The quantitative estimate of drug-likeness (QED) is 0.590. The lowest BCUT2D eigenvalue weighted by atomic mass is 9.99. The van der Waals surface area contributed by atoms with E-state index in [4.69, 9.17) is 12.2 Å². The topological polar surface area (TPSA) is 26.0 Å². The molecule has 0 saturated heterocycles. The maximum Gasteiger partial charge on any atom is 0.0744 e. The molecule has 0 heterocycles. The van der Waals surface area contributed by atoms with E-state index in [2.05, 4.69) is 12.8 Å². The second-order valence-corrected chi connectivity index (χ2v) is 2.31. The number of terminal acetylenes is 1. The normalized spacial score (nSPS) is 14.9. The Hall–Kier alpha value is -0.190. The van der Waals surface area contributed by atoms with E-state index in [1.54, 1.807) is 0 Å². The predicted molar refractivity (Wildman–Crippen MR) is 43.6 cm³/mol. The van der Waals surface area contributed by atoms with Crippen molar-refractivity contribution in [2.24, 2.45) is 5.73 Å². The molecule has 2 heteroatoms. The number of halogens is 1. The third-order valence-electron chi connectivity index (χ3n) is 1.10. The standard InChI is InChI=1S/C7H13N.ClH/c1-4-6-7(3,8)5-2;/h2H,4,6,8H2,1,3H3;1H. The second kappa shape index (κ2) is 4.67. The summed E-state index contributed by atoms with van der Waals surface area (Å²) in [7, 11) is 0. The summed E-state index contributed by atoms with van der Waals surface area (Å²) in [6, 6.07) is 0. The molecule has 0 aromatic heterocycles. The minimum atomic E-state index is -0.380. The van der Waals surface area contributed by atoms with Gasteiger partial charge in [-0.3, -0.25) is 0 Å². The summed E-state index contributed by atoms with van der Waals surface area (Å²) in [5, 5.41) is 0. The van der Waals surface area contributed by atoms with E-state index in [9.17, 15) is 0 Å². The van der Waals surface area contributed by atoms with E-state index in [0.717, 1.165) is 12.8 Å². The van der Waals surface area contributed by atoms with Crippen molar-refractivity contribution in [2.45, 2.75) is 32.2 Å². The average molecular weight is 148 g/mol. The van der Waals surface area contributed by atoms with Gasteiger partial charge in [0.05, 0.1) is 5.54 Å². The van der Waals surface area contributed by atoms with Crippen LogP contribution in [0.15, 0.2) is 0 Å². The first-order valence-corrected chi connectivity index (χ1v) is 2.89. The Kier molecular flexibility index (Phi) is 6.01. The number of hydrogen-bond donors (Lipinski definition) is 1. The summed E-state index contributed by atoms with van der Waals surface area (Å²) in [4.78, 5) is 0. The van der Waals surface area contributed by atoms with Gasteiger partial charge in [0.1, 0.15) is 0 Å². The highest BCUT2D eigenvalue weighted by Crippen LogP contribution is 2.04. The Bertz CT molecular complexity index is 102. The number of hydrogen-bond acceptors (Lipinski definition) is 1. The SMILES string of the molecule is C#CC(C)(N)CCC.Cl. The first-order valence-electron chi connectivity index (χ1n) is 2.89. The van der Waals surface area contributed by atoms with Crippen LogP contribution in [0.3, 0.4) is 0 Å². The van der Waals surface area contributed by atoms with Crippen molar-refractivity contribution < 1.29 is 0 Å². The minimum absolute atomic E-state index is 0. The Labute approximate surface area is 63.4 Å². The molecular formula is C7H14ClN. The van der Waals surface area contributed by atoms with Gasteiger partial charge < -0.3 is 5.73 Å². The molecule has 0 radical (unpaired) electrons. The Morgan fingerprint density at radius 3 is 2.22 bits per heavy atom. The molecule has 1 atom stereocenters. The molecule has 1 nitrogen and oxygen atoms in total. The third-order valence-corrected chi connectivity index (χ3v) is 1.10.